The van der Waals surface area contributed by atoms with Crippen LogP contribution in [0.4, 0.5) is 11.4 Å². The van der Waals surface area contributed by atoms with Crippen molar-refractivity contribution in [3.63, 3.8) is 0 Å². The molecule has 50 heavy (non-hydrogen) atoms. The number of nitriles is 1. The van der Waals surface area contributed by atoms with E-state index < -0.39 is 0 Å². The number of benzene rings is 3. The van der Waals surface area contributed by atoms with Gasteiger partial charge in [0, 0.05) is 69.4 Å². The fourth-order valence-corrected chi connectivity index (χ4v) is 7.01. The molecule has 260 valence electrons. The Balaban J connectivity index is 1.05. The molecular formula is C37H38Cl2N6O5. The number of methoxy groups -OCH3 is 2. The summed E-state index contributed by atoms with van der Waals surface area (Å²) in [5.74, 6) is 0.845. The van der Waals surface area contributed by atoms with Gasteiger partial charge in [-0.2, -0.15) is 5.26 Å². The zero-order chi connectivity index (χ0) is 35.2. The van der Waals surface area contributed by atoms with Gasteiger partial charge in [0.2, 0.25) is 11.8 Å². The molecule has 0 radical (unpaired) electrons. The number of imide groups is 1. The second kappa shape index (κ2) is 16.0. The molecule has 3 heterocycles. The second-order valence-electron chi connectivity index (χ2n) is 12.3. The fourth-order valence-electron chi connectivity index (χ4n) is 6.50. The smallest absolute Gasteiger partial charge is 0.234 e. The third-order valence-electron chi connectivity index (χ3n) is 9.18. The third-order valence-corrected chi connectivity index (χ3v) is 9.79. The Morgan fingerprint density at radius 1 is 0.980 bits per heavy atom. The molecule has 2 aliphatic heterocycles. The first kappa shape index (κ1) is 35.2. The van der Waals surface area contributed by atoms with Crippen molar-refractivity contribution in [1.29, 1.82) is 5.26 Å². The number of hydrogen-bond donors (Lipinski definition) is 2. The van der Waals surface area contributed by atoms with Crippen LogP contribution < -0.4 is 24.8 Å². The van der Waals surface area contributed by atoms with Crippen LogP contribution >= 0.6 is 23.2 Å². The van der Waals surface area contributed by atoms with Crippen molar-refractivity contribution < 1.29 is 23.8 Å². The normalized spacial score (nSPS) is 16.9. The van der Waals surface area contributed by atoms with Crippen LogP contribution in [0.25, 0.3) is 10.9 Å². The number of piperidine rings is 1. The summed E-state index contributed by atoms with van der Waals surface area (Å²) in [5.41, 5.74) is 4.15. The number of carbonyl (C=O) groups is 2. The number of anilines is 2. The molecule has 2 saturated heterocycles. The van der Waals surface area contributed by atoms with E-state index in [1.165, 1.54) is 13.3 Å². The van der Waals surface area contributed by atoms with Crippen molar-refractivity contribution in [2.45, 2.75) is 31.7 Å². The zero-order valence-corrected chi connectivity index (χ0v) is 29.4. The molecule has 1 unspecified atom stereocenters. The van der Waals surface area contributed by atoms with E-state index in [0.29, 0.717) is 74.6 Å². The van der Waals surface area contributed by atoms with Crippen LogP contribution in [-0.4, -0.2) is 80.1 Å². The molecule has 2 fully saturated rings. The Bertz CT molecular complexity index is 1940. The second-order valence-corrected chi connectivity index (χ2v) is 13.1. The van der Waals surface area contributed by atoms with Gasteiger partial charge in [0.05, 0.1) is 59.2 Å². The Kier molecular flexibility index (Phi) is 11.2. The molecule has 2 N–H and O–H groups in total. The molecule has 6 rings (SSSR count). The minimum Gasteiger partial charge on any atom is -0.495 e. The molecule has 1 atom stereocenters. The molecule has 0 saturated carbocycles. The standard InChI is InChI=1S/C37H38Cl2N6O5/c1-48-32-19-31(28(38)17-29(32)39)42-36-24(20-40)21-41-30-18-34(33(49-2)16-27(30)36)50-15-5-10-44-11-13-45(14-12-44)22-23-6-3-4-7-25(23)26-8-9-35(46)43-37(26)47/h3-4,6-7,16-19,21,26H,5,8-15,22H2,1-2H3,(H,41,42)(H,43,46,47). The van der Waals surface area contributed by atoms with Gasteiger partial charge in [-0.3, -0.25) is 24.8 Å². The molecule has 2 aliphatic rings. The number of hydrogen-bond acceptors (Lipinski definition) is 10. The van der Waals surface area contributed by atoms with Gasteiger partial charge >= 0.3 is 0 Å². The lowest BCUT2D eigenvalue weighted by atomic mass is 9.87. The number of ether oxygens (including phenoxy) is 3. The Hall–Kier alpha value is -4.60. The summed E-state index contributed by atoms with van der Waals surface area (Å²) < 4.78 is 17.2. The van der Waals surface area contributed by atoms with E-state index in [9.17, 15) is 14.9 Å². The summed E-state index contributed by atoms with van der Waals surface area (Å²) >= 11 is 12.7. The molecule has 1 aromatic heterocycles. The SMILES string of the molecule is COc1cc(Nc2c(C#N)cnc3cc(OCCCN4CCN(Cc5ccccc5C5CCC(=O)NC5=O)CC4)c(OC)cc23)c(Cl)cc1Cl. The number of rotatable bonds is 12. The van der Waals surface area contributed by atoms with Crippen molar-refractivity contribution in [3.05, 3.63) is 81.5 Å². The maximum Gasteiger partial charge on any atom is 0.234 e. The minimum absolute atomic E-state index is 0.195. The van der Waals surface area contributed by atoms with E-state index in [0.717, 1.165) is 56.8 Å². The maximum absolute atomic E-state index is 12.5. The highest BCUT2D eigenvalue weighted by atomic mass is 35.5. The van der Waals surface area contributed by atoms with Gasteiger partial charge in [-0.25, -0.2) is 0 Å². The summed E-state index contributed by atoms with van der Waals surface area (Å²) in [4.78, 5) is 33.6. The molecule has 0 bridgehead atoms. The van der Waals surface area contributed by atoms with Gasteiger partial charge in [-0.1, -0.05) is 47.5 Å². The number of halogens is 2. The average molecular weight is 718 g/mol. The largest absolute Gasteiger partial charge is 0.495 e. The highest BCUT2D eigenvalue weighted by Crippen LogP contribution is 2.40. The Labute approximate surface area is 301 Å². The molecule has 3 aromatic carbocycles. The van der Waals surface area contributed by atoms with Crippen molar-refractivity contribution in [3.8, 4) is 23.3 Å². The zero-order valence-electron chi connectivity index (χ0n) is 27.9. The van der Waals surface area contributed by atoms with Crippen LogP contribution in [0.3, 0.4) is 0 Å². The van der Waals surface area contributed by atoms with Gasteiger partial charge in [-0.05, 0) is 36.1 Å². The number of aromatic nitrogens is 1. The maximum atomic E-state index is 12.5. The first-order valence-electron chi connectivity index (χ1n) is 16.5. The topological polar surface area (TPSA) is 129 Å². The van der Waals surface area contributed by atoms with Crippen molar-refractivity contribution >= 4 is 57.3 Å². The summed E-state index contributed by atoms with van der Waals surface area (Å²) in [5, 5.41) is 17.0. The van der Waals surface area contributed by atoms with E-state index in [2.05, 4.69) is 37.6 Å². The highest BCUT2D eigenvalue weighted by Gasteiger charge is 2.30. The van der Waals surface area contributed by atoms with Crippen LogP contribution in [0.5, 0.6) is 17.2 Å². The van der Waals surface area contributed by atoms with Gasteiger partial charge in [0.1, 0.15) is 11.8 Å². The van der Waals surface area contributed by atoms with Crippen LogP contribution in [0.15, 0.2) is 54.7 Å². The predicted molar refractivity (Wildman–Crippen MR) is 193 cm³/mol. The number of carbonyl (C=O) groups excluding carboxylic acids is 2. The molecule has 4 aromatic rings. The first-order valence-corrected chi connectivity index (χ1v) is 17.2. The lowest BCUT2D eigenvalue weighted by molar-refractivity contribution is -0.134. The van der Waals surface area contributed by atoms with Gasteiger partial charge in [0.15, 0.2) is 11.5 Å². The average Bonchev–Trinajstić information content (AvgIpc) is 3.12. The number of pyridine rings is 1. The lowest BCUT2D eigenvalue weighted by Crippen LogP contribution is -2.46. The van der Waals surface area contributed by atoms with Crippen molar-refractivity contribution in [2.24, 2.45) is 0 Å². The van der Waals surface area contributed by atoms with Crippen LogP contribution in [-0.2, 0) is 16.1 Å². The number of piperazine rings is 1. The summed E-state index contributed by atoms with van der Waals surface area (Å²) in [6, 6.07) is 17.1. The Morgan fingerprint density at radius 3 is 2.48 bits per heavy atom. The molecule has 2 amide bonds. The number of amides is 2. The summed E-state index contributed by atoms with van der Waals surface area (Å²) in [7, 11) is 3.09. The van der Waals surface area contributed by atoms with Gasteiger partial charge in [-0.15, -0.1) is 0 Å². The van der Waals surface area contributed by atoms with Gasteiger partial charge in [0.25, 0.3) is 0 Å². The van der Waals surface area contributed by atoms with E-state index >= 15 is 0 Å². The Morgan fingerprint density at radius 2 is 1.74 bits per heavy atom. The number of nitrogens with one attached hydrogen (secondary N) is 2. The molecule has 11 nitrogen and oxygen atoms in total. The third kappa shape index (κ3) is 7.90. The van der Waals surface area contributed by atoms with Gasteiger partial charge < -0.3 is 24.4 Å². The first-order chi connectivity index (χ1) is 24.3. The monoisotopic (exact) mass is 716 g/mol. The number of nitrogens with zero attached hydrogens (tertiary/aromatic N) is 4. The quantitative estimate of drug-likeness (QED) is 0.128. The van der Waals surface area contributed by atoms with E-state index in [-0.39, 0.29) is 17.7 Å². The van der Waals surface area contributed by atoms with Crippen LogP contribution in [0.1, 0.15) is 41.9 Å². The van der Waals surface area contributed by atoms with Crippen LogP contribution in [0.2, 0.25) is 10.0 Å². The highest BCUT2D eigenvalue weighted by molar-refractivity contribution is 6.37. The molecule has 0 aliphatic carbocycles. The van der Waals surface area contributed by atoms with E-state index in [1.807, 2.05) is 24.3 Å². The lowest BCUT2D eigenvalue weighted by Gasteiger charge is -2.35. The van der Waals surface area contributed by atoms with Crippen molar-refractivity contribution in [2.75, 3.05) is 58.9 Å². The molecule has 0 spiro atoms. The summed E-state index contributed by atoms with van der Waals surface area (Å²) in [6.07, 6.45) is 3.25. The predicted octanol–water partition coefficient (Wildman–Crippen LogP) is 6.28. The molecular weight excluding hydrogens is 679 g/mol. The fraction of sp³-hybridized carbons (Fsp3) is 0.351. The van der Waals surface area contributed by atoms with E-state index in [4.69, 9.17) is 37.4 Å². The minimum atomic E-state index is -0.283. The molecule has 13 heteroatoms. The number of fused-ring (bicyclic) bond motifs is 1. The summed E-state index contributed by atoms with van der Waals surface area (Å²) in [6.45, 7) is 5.86. The van der Waals surface area contributed by atoms with Crippen LogP contribution in [0, 0.1) is 11.3 Å². The van der Waals surface area contributed by atoms with E-state index in [1.54, 1.807) is 25.3 Å². The van der Waals surface area contributed by atoms with Crippen molar-refractivity contribution in [1.82, 2.24) is 20.1 Å².